The first-order valence-corrected chi connectivity index (χ1v) is 6.12. The van der Waals surface area contributed by atoms with Crippen LogP contribution in [0.15, 0.2) is 18.2 Å². The Balaban J connectivity index is 2.24. The molecule has 1 aromatic carbocycles. The number of carbonyl (C=O) groups is 1. The maximum atomic E-state index is 12.3. The Hall–Kier alpha value is -1.35. The van der Waals surface area contributed by atoms with Crippen molar-refractivity contribution >= 4 is 5.91 Å². The number of likely N-dealkylation sites (tertiary alicyclic amines) is 1. The molecule has 1 N–H and O–H groups in total. The molecule has 2 rings (SSSR count). The molecule has 3 heteroatoms. The lowest BCUT2D eigenvalue weighted by atomic mass is 10.1. The summed E-state index contributed by atoms with van der Waals surface area (Å²) in [6.07, 6.45) is 1.90. The second kappa shape index (κ2) is 4.88. The van der Waals surface area contributed by atoms with E-state index in [1.807, 2.05) is 26.0 Å². The smallest absolute Gasteiger partial charge is 0.254 e. The van der Waals surface area contributed by atoms with Gasteiger partial charge in [0.2, 0.25) is 0 Å². The monoisotopic (exact) mass is 233 g/mol. The molecular formula is C14H19NO2. The van der Waals surface area contributed by atoms with E-state index < -0.39 is 0 Å². The predicted octanol–water partition coefficient (Wildman–Crippen LogP) is 1.90. The van der Waals surface area contributed by atoms with Gasteiger partial charge in [-0.1, -0.05) is 17.2 Å². The van der Waals surface area contributed by atoms with Crippen molar-refractivity contribution in [2.75, 3.05) is 13.2 Å². The van der Waals surface area contributed by atoms with E-state index >= 15 is 0 Å². The van der Waals surface area contributed by atoms with E-state index in [4.69, 9.17) is 0 Å². The predicted molar refractivity (Wildman–Crippen MR) is 67.1 cm³/mol. The lowest BCUT2D eigenvalue weighted by Crippen LogP contribution is -2.37. The van der Waals surface area contributed by atoms with E-state index in [-0.39, 0.29) is 18.6 Å². The van der Waals surface area contributed by atoms with Gasteiger partial charge in [0.05, 0.1) is 12.6 Å². The maximum Gasteiger partial charge on any atom is 0.254 e. The van der Waals surface area contributed by atoms with Gasteiger partial charge in [-0.25, -0.2) is 0 Å². The molecule has 92 valence electrons. The highest BCUT2D eigenvalue weighted by Crippen LogP contribution is 2.20. The summed E-state index contributed by atoms with van der Waals surface area (Å²) in [6, 6.07) is 5.90. The maximum absolute atomic E-state index is 12.3. The van der Waals surface area contributed by atoms with E-state index in [2.05, 4.69) is 6.07 Å². The van der Waals surface area contributed by atoms with Crippen LogP contribution >= 0.6 is 0 Å². The first kappa shape index (κ1) is 12.1. The zero-order valence-corrected chi connectivity index (χ0v) is 10.4. The molecule has 1 atom stereocenters. The molecule has 0 aliphatic carbocycles. The molecule has 17 heavy (non-hydrogen) atoms. The highest BCUT2D eigenvalue weighted by Gasteiger charge is 2.28. The first-order valence-electron chi connectivity index (χ1n) is 6.12. The van der Waals surface area contributed by atoms with Crippen LogP contribution in [0.3, 0.4) is 0 Å². The van der Waals surface area contributed by atoms with Crippen LogP contribution in [0.25, 0.3) is 0 Å². The lowest BCUT2D eigenvalue weighted by molar-refractivity contribution is 0.0677. The standard InChI is InChI=1S/C14H19NO2/c1-10-6-11(2)8-12(7-10)14(17)15-5-3-4-13(15)9-16/h6-8,13,16H,3-5,9H2,1-2H3. The third-order valence-electron chi connectivity index (χ3n) is 3.32. The Labute approximate surface area is 102 Å². The van der Waals surface area contributed by atoms with E-state index in [9.17, 15) is 9.90 Å². The topological polar surface area (TPSA) is 40.5 Å². The van der Waals surface area contributed by atoms with Gasteiger partial charge in [-0.05, 0) is 38.8 Å². The molecule has 0 spiro atoms. The van der Waals surface area contributed by atoms with Gasteiger partial charge in [0.1, 0.15) is 0 Å². The third kappa shape index (κ3) is 2.50. The summed E-state index contributed by atoms with van der Waals surface area (Å²) in [5, 5.41) is 9.25. The first-order chi connectivity index (χ1) is 8.11. The molecule has 0 saturated carbocycles. The largest absolute Gasteiger partial charge is 0.394 e. The van der Waals surface area contributed by atoms with Crippen LogP contribution in [0.2, 0.25) is 0 Å². The number of amides is 1. The van der Waals surface area contributed by atoms with Crippen LogP contribution in [0.1, 0.15) is 34.3 Å². The zero-order valence-electron chi connectivity index (χ0n) is 10.4. The number of hydrogen-bond acceptors (Lipinski definition) is 2. The summed E-state index contributed by atoms with van der Waals surface area (Å²) in [7, 11) is 0. The molecule has 0 aromatic heterocycles. The molecule has 1 saturated heterocycles. The Morgan fingerprint density at radius 3 is 2.59 bits per heavy atom. The zero-order chi connectivity index (χ0) is 12.4. The number of aryl methyl sites for hydroxylation is 2. The van der Waals surface area contributed by atoms with Crippen molar-refractivity contribution in [2.24, 2.45) is 0 Å². The molecule has 1 aliphatic heterocycles. The number of nitrogens with zero attached hydrogens (tertiary/aromatic N) is 1. The Morgan fingerprint density at radius 1 is 1.35 bits per heavy atom. The second-order valence-electron chi connectivity index (χ2n) is 4.85. The molecule has 1 heterocycles. The van der Waals surface area contributed by atoms with Crippen molar-refractivity contribution in [1.29, 1.82) is 0 Å². The number of benzene rings is 1. The molecule has 1 aromatic rings. The molecule has 1 fully saturated rings. The van der Waals surface area contributed by atoms with Gasteiger partial charge in [0.25, 0.3) is 5.91 Å². The third-order valence-corrected chi connectivity index (χ3v) is 3.32. The average Bonchev–Trinajstić information content (AvgIpc) is 2.74. The van der Waals surface area contributed by atoms with Crippen molar-refractivity contribution in [3.63, 3.8) is 0 Å². The minimum Gasteiger partial charge on any atom is -0.394 e. The summed E-state index contributed by atoms with van der Waals surface area (Å²) >= 11 is 0. The van der Waals surface area contributed by atoms with Gasteiger partial charge in [0.15, 0.2) is 0 Å². The van der Waals surface area contributed by atoms with Crippen LogP contribution in [0.4, 0.5) is 0 Å². The minimum atomic E-state index is 0.00307. The fourth-order valence-corrected chi connectivity index (χ4v) is 2.56. The number of aliphatic hydroxyl groups is 1. The normalized spacial score (nSPS) is 19.7. The minimum absolute atomic E-state index is 0.00307. The quantitative estimate of drug-likeness (QED) is 0.847. The van der Waals surface area contributed by atoms with Crippen molar-refractivity contribution in [2.45, 2.75) is 32.7 Å². The van der Waals surface area contributed by atoms with Crippen molar-refractivity contribution < 1.29 is 9.90 Å². The fraction of sp³-hybridized carbons (Fsp3) is 0.500. The number of aliphatic hydroxyl groups excluding tert-OH is 1. The van der Waals surface area contributed by atoms with Crippen molar-refractivity contribution in [3.8, 4) is 0 Å². The molecule has 0 bridgehead atoms. The summed E-state index contributed by atoms with van der Waals surface area (Å²) in [4.78, 5) is 14.1. The molecule has 1 aliphatic rings. The van der Waals surface area contributed by atoms with Crippen LogP contribution < -0.4 is 0 Å². The Morgan fingerprint density at radius 2 is 2.00 bits per heavy atom. The fourth-order valence-electron chi connectivity index (χ4n) is 2.56. The van der Waals surface area contributed by atoms with Crippen molar-refractivity contribution in [1.82, 2.24) is 4.90 Å². The van der Waals surface area contributed by atoms with Crippen molar-refractivity contribution in [3.05, 3.63) is 34.9 Å². The Kier molecular flexibility index (Phi) is 3.48. The van der Waals surface area contributed by atoms with E-state index in [0.717, 1.165) is 36.1 Å². The summed E-state index contributed by atoms with van der Waals surface area (Å²) in [5.74, 6) is 0.0494. The average molecular weight is 233 g/mol. The van der Waals surface area contributed by atoms with E-state index in [1.165, 1.54) is 0 Å². The van der Waals surface area contributed by atoms with Crippen LogP contribution in [-0.4, -0.2) is 35.1 Å². The van der Waals surface area contributed by atoms with Gasteiger partial charge >= 0.3 is 0 Å². The van der Waals surface area contributed by atoms with Crippen LogP contribution in [0.5, 0.6) is 0 Å². The number of hydrogen-bond donors (Lipinski definition) is 1. The van der Waals surface area contributed by atoms with Gasteiger partial charge < -0.3 is 10.0 Å². The second-order valence-corrected chi connectivity index (χ2v) is 4.85. The lowest BCUT2D eigenvalue weighted by Gasteiger charge is -2.23. The summed E-state index contributed by atoms with van der Waals surface area (Å²) in [6.45, 7) is 4.82. The van der Waals surface area contributed by atoms with Gasteiger partial charge in [0, 0.05) is 12.1 Å². The highest BCUT2D eigenvalue weighted by molar-refractivity contribution is 5.95. The van der Waals surface area contributed by atoms with Crippen LogP contribution in [0, 0.1) is 13.8 Å². The molecule has 1 amide bonds. The number of rotatable bonds is 2. The van der Waals surface area contributed by atoms with Crippen LogP contribution in [-0.2, 0) is 0 Å². The summed E-state index contributed by atoms with van der Waals surface area (Å²) < 4.78 is 0. The van der Waals surface area contributed by atoms with Gasteiger partial charge in [-0.2, -0.15) is 0 Å². The van der Waals surface area contributed by atoms with E-state index in [0.29, 0.717) is 0 Å². The highest BCUT2D eigenvalue weighted by atomic mass is 16.3. The molecule has 1 unspecified atom stereocenters. The number of carbonyl (C=O) groups excluding carboxylic acids is 1. The van der Waals surface area contributed by atoms with E-state index in [1.54, 1.807) is 4.90 Å². The molecular weight excluding hydrogens is 214 g/mol. The van der Waals surface area contributed by atoms with Gasteiger partial charge in [-0.15, -0.1) is 0 Å². The Bertz CT molecular complexity index is 408. The SMILES string of the molecule is Cc1cc(C)cc(C(=O)N2CCCC2CO)c1. The van der Waals surface area contributed by atoms with Gasteiger partial charge in [-0.3, -0.25) is 4.79 Å². The molecule has 0 radical (unpaired) electrons. The molecule has 3 nitrogen and oxygen atoms in total. The summed E-state index contributed by atoms with van der Waals surface area (Å²) in [5.41, 5.74) is 2.95.